The molecule has 0 aliphatic rings. The van der Waals surface area contributed by atoms with Crippen LogP contribution in [0.2, 0.25) is 0 Å². The number of hydrogen-bond donors (Lipinski definition) is 1. The lowest BCUT2D eigenvalue weighted by Crippen LogP contribution is -1.94. The van der Waals surface area contributed by atoms with Gasteiger partial charge in [0.2, 0.25) is 0 Å². The SMILES string of the molecule is C=C(OC)/C(F)=C\C(N)=C/C. The van der Waals surface area contributed by atoms with Gasteiger partial charge in [0, 0.05) is 11.8 Å². The maximum absolute atomic E-state index is 12.7. The number of halogens is 1. The van der Waals surface area contributed by atoms with Gasteiger partial charge in [0.1, 0.15) is 5.76 Å². The van der Waals surface area contributed by atoms with E-state index in [9.17, 15) is 4.39 Å². The first kappa shape index (κ1) is 9.75. The first-order valence-electron chi connectivity index (χ1n) is 3.14. The normalized spacial score (nSPS) is 13.0. The smallest absolute Gasteiger partial charge is 0.166 e. The molecule has 62 valence electrons. The standard InChI is InChI=1S/C8H12FNO/c1-4-7(10)5-8(9)6(2)11-3/h4-5H,2,10H2,1,3H3/b7-4+,8-5+. The quantitative estimate of drug-likeness (QED) is 0.501. The van der Waals surface area contributed by atoms with Crippen LogP contribution in [0, 0.1) is 0 Å². The second-order valence-electron chi connectivity index (χ2n) is 1.91. The molecule has 0 fully saturated rings. The predicted molar refractivity (Wildman–Crippen MR) is 43.3 cm³/mol. The summed E-state index contributed by atoms with van der Waals surface area (Å²) in [6, 6.07) is 0. The summed E-state index contributed by atoms with van der Waals surface area (Å²) in [6.45, 7) is 5.03. The van der Waals surface area contributed by atoms with E-state index in [1.807, 2.05) is 0 Å². The van der Waals surface area contributed by atoms with Crippen LogP contribution < -0.4 is 5.73 Å². The zero-order chi connectivity index (χ0) is 8.85. The molecule has 0 unspecified atom stereocenters. The molecule has 0 aromatic heterocycles. The van der Waals surface area contributed by atoms with Crippen LogP contribution >= 0.6 is 0 Å². The molecule has 2 N–H and O–H groups in total. The summed E-state index contributed by atoms with van der Waals surface area (Å²) in [7, 11) is 1.35. The second kappa shape index (κ2) is 4.55. The number of nitrogens with two attached hydrogens (primary N) is 1. The Hall–Kier alpha value is -1.25. The van der Waals surface area contributed by atoms with Crippen molar-refractivity contribution in [3.63, 3.8) is 0 Å². The molecule has 0 saturated heterocycles. The van der Waals surface area contributed by atoms with E-state index >= 15 is 0 Å². The topological polar surface area (TPSA) is 35.2 Å². The third-order valence-corrected chi connectivity index (χ3v) is 1.14. The molecule has 0 atom stereocenters. The van der Waals surface area contributed by atoms with E-state index < -0.39 is 5.83 Å². The molecule has 3 heteroatoms. The Labute approximate surface area is 65.8 Å². The van der Waals surface area contributed by atoms with Crippen LogP contribution in [0.1, 0.15) is 6.92 Å². The Kier molecular flexibility index (Phi) is 4.03. The van der Waals surface area contributed by atoms with Gasteiger partial charge < -0.3 is 10.5 Å². The van der Waals surface area contributed by atoms with Crippen molar-refractivity contribution in [3.8, 4) is 0 Å². The minimum Gasteiger partial charge on any atom is -0.494 e. The molecule has 0 bridgehead atoms. The van der Waals surface area contributed by atoms with Crippen LogP contribution in [-0.2, 0) is 4.74 Å². The van der Waals surface area contributed by atoms with Crippen LogP contribution in [0.4, 0.5) is 4.39 Å². The minimum absolute atomic E-state index is 0.0187. The molecule has 0 aromatic carbocycles. The lowest BCUT2D eigenvalue weighted by molar-refractivity contribution is 0.285. The molecule has 0 radical (unpaired) electrons. The van der Waals surface area contributed by atoms with Crippen molar-refractivity contribution in [1.29, 1.82) is 0 Å². The number of methoxy groups -OCH3 is 1. The zero-order valence-corrected chi connectivity index (χ0v) is 6.73. The molecule has 0 saturated carbocycles. The van der Waals surface area contributed by atoms with E-state index in [1.165, 1.54) is 7.11 Å². The summed E-state index contributed by atoms with van der Waals surface area (Å²) < 4.78 is 17.3. The van der Waals surface area contributed by atoms with Gasteiger partial charge >= 0.3 is 0 Å². The van der Waals surface area contributed by atoms with Gasteiger partial charge in [-0.2, -0.15) is 0 Å². The van der Waals surface area contributed by atoms with Crippen molar-refractivity contribution in [2.45, 2.75) is 6.92 Å². The van der Waals surface area contributed by atoms with Gasteiger partial charge in [-0.15, -0.1) is 0 Å². The average Bonchev–Trinajstić information content (AvgIpc) is 2.02. The Bertz CT molecular complexity index is 206. The van der Waals surface area contributed by atoms with E-state index in [-0.39, 0.29) is 5.76 Å². The summed E-state index contributed by atoms with van der Waals surface area (Å²) in [5.74, 6) is -0.571. The number of rotatable bonds is 3. The first-order chi connectivity index (χ1) is 5.11. The molecule has 0 aliphatic carbocycles. The molecular formula is C8H12FNO. The van der Waals surface area contributed by atoms with E-state index in [1.54, 1.807) is 13.0 Å². The summed E-state index contributed by atoms with van der Waals surface area (Å²) >= 11 is 0. The van der Waals surface area contributed by atoms with E-state index in [4.69, 9.17) is 5.73 Å². The largest absolute Gasteiger partial charge is 0.494 e. The van der Waals surface area contributed by atoms with E-state index in [2.05, 4.69) is 11.3 Å². The molecule has 0 heterocycles. The minimum atomic E-state index is -0.553. The van der Waals surface area contributed by atoms with Gasteiger partial charge in [0.05, 0.1) is 7.11 Å². The van der Waals surface area contributed by atoms with E-state index in [0.717, 1.165) is 6.08 Å². The maximum atomic E-state index is 12.7. The van der Waals surface area contributed by atoms with Crippen LogP contribution in [0.15, 0.2) is 36.0 Å². The average molecular weight is 157 g/mol. The molecule has 0 aliphatic heterocycles. The molecular weight excluding hydrogens is 145 g/mol. The van der Waals surface area contributed by atoms with Crippen molar-refractivity contribution >= 4 is 0 Å². The van der Waals surface area contributed by atoms with Crippen molar-refractivity contribution < 1.29 is 9.13 Å². The van der Waals surface area contributed by atoms with Gasteiger partial charge in [-0.05, 0) is 6.92 Å². The maximum Gasteiger partial charge on any atom is 0.166 e. The lowest BCUT2D eigenvalue weighted by Gasteiger charge is -1.99. The fourth-order valence-corrected chi connectivity index (χ4v) is 0.408. The highest BCUT2D eigenvalue weighted by Gasteiger charge is 1.99. The number of allylic oxidation sites excluding steroid dienone is 3. The highest BCUT2D eigenvalue weighted by molar-refractivity contribution is 5.25. The van der Waals surface area contributed by atoms with Gasteiger partial charge in [-0.1, -0.05) is 12.7 Å². The Morgan fingerprint density at radius 1 is 1.64 bits per heavy atom. The van der Waals surface area contributed by atoms with Crippen LogP contribution in [-0.4, -0.2) is 7.11 Å². The fraction of sp³-hybridized carbons (Fsp3) is 0.250. The zero-order valence-electron chi connectivity index (χ0n) is 6.73. The number of ether oxygens (including phenoxy) is 1. The fourth-order valence-electron chi connectivity index (χ4n) is 0.408. The van der Waals surface area contributed by atoms with Gasteiger partial charge in [0.25, 0.3) is 0 Å². The second-order valence-corrected chi connectivity index (χ2v) is 1.91. The summed E-state index contributed by atoms with van der Waals surface area (Å²) in [6.07, 6.45) is 2.74. The summed E-state index contributed by atoms with van der Waals surface area (Å²) in [5.41, 5.74) is 5.66. The molecule has 0 aromatic rings. The third-order valence-electron chi connectivity index (χ3n) is 1.14. The molecule has 0 amide bonds. The highest BCUT2D eigenvalue weighted by atomic mass is 19.1. The van der Waals surface area contributed by atoms with Crippen LogP contribution in [0.3, 0.4) is 0 Å². The lowest BCUT2D eigenvalue weighted by atomic mass is 10.3. The van der Waals surface area contributed by atoms with E-state index in [0.29, 0.717) is 5.70 Å². The summed E-state index contributed by atoms with van der Waals surface area (Å²) in [4.78, 5) is 0. The van der Waals surface area contributed by atoms with Crippen molar-refractivity contribution in [3.05, 3.63) is 36.0 Å². The molecule has 11 heavy (non-hydrogen) atoms. The van der Waals surface area contributed by atoms with Crippen molar-refractivity contribution in [2.24, 2.45) is 5.73 Å². The predicted octanol–water partition coefficient (Wildman–Crippen LogP) is 1.86. The molecule has 2 nitrogen and oxygen atoms in total. The monoisotopic (exact) mass is 157 g/mol. The Balaban J connectivity index is 4.34. The first-order valence-corrected chi connectivity index (χ1v) is 3.14. The van der Waals surface area contributed by atoms with Gasteiger partial charge in [-0.25, -0.2) is 4.39 Å². The van der Waals surface area contributed by atoms with Gasteiger partial charge in [-0.3, -0.25) is 0 Å². The van der Waals surface area contributed by atoms with Gasteiger partial charge in [0.15, 0.2) is 5.83 Å². The van der Waals surface area contributed by atoms with Crippen molar-refractivity contribution in [1.82, 2.24) is 0 Å². The van der Waals surface area contributed by atoms with Crippen molar-refractivity contribution in [2.75, 3.05) is 7.11 Å². The number of hydrogen-bond acceptors (Lipinski definition) is 2. The Morgan fingerprint density at radius 3 is 2.55 bits per heavy atom. The highest BCUT2D eigenvalue weighted by Crippen LogP contribution is 2.10. The Morgan fingerprint density at radius 2 is 2.18 bits per heavy atom. The summed E-state index contributed by atoms with van der Waals surface area (Å²) in [5, 5.41) is 0. The third kappa shape index (κ3) is 3.45. The van der Waals surface area contributed by atoms with Crippen LogP contribution in [0.25, 0.3) is 0 Å². The molecule has 0 rings (SSSR count). The van der Waals surface area contributed by atoms with Crippen LogP contribution in [0.5, 0.6) is 0 Å². The molecule has 0 spiro atoms.